The topological polar surface area (TPSA) is 109 Å². The normalized spacial score (nSPS) is 14.5. The molecule has 0 unspecified atom stereocenters. The van der Waals surface area contributed by atoms with Crippen LogP contribution in [0.1, 0.15) is 40.3 Å². The molecule has 0 aliphatic carbocycles. The Kier molecular flexibility index (Phi) is 5.91. The number of amides is 1. The molecular formula is C25H20N2O6. The SMILES string of the molecule is CCOC(=O)c1cccc(-c2ccc(/C=C3\C(=O)N(c4cccc(C(=O)O)c4)N=C3C)o2)c1. The van der Waals surface area contributed by atoms with Gasteiger partial charge in [-0.15, -0.1) is 0 Å². The first-order chi connectivity index (χ1) is 15.9. The van der Waals surface area contributed by atoms with Crippen LogP contribution in [0.25, 0.3) is 17.4 Å². The molecule has 0 saturated carbocycles. The molecule has 8 nitrogen and oxygen atoms in total. The largest absolute Gasteiger partial charge is 0.478 e. The number of furan rings is 1. The minimum atomic E-state index is -1.09. The quantitative estimate of drug-likeness (QED) is 0.439. The zero-order valence-electron chi connectivity index (χ0n) is 17.9. The van der Waals surface area contributed by atoms with E-state index in [0.29, 0.717) is 39.6 Å². The zero-order chi connectivity index (χ0) is 23.5. The Bertz CT molecular complexity index is 1320. The van der Waals surface area contributed by atoms with Gasteiger partial charge in [0.15, 0.2) is 0 Å². The number of aromatic carboxylic acids is 1. The first-order valence-corrected chi connectivity index (χ1v) is 10.2. The lowest BCUT2D eigenvalue weighted by Crippen LogP contribution is -2.21. The van der Waals surface area contributed by atoms with Crippen LogP contribution >= 0.6 is 0 Å². The number of hydrogen-bond donors (Lipinski definition) is 1. The highest BCUT2D eigenvalue weighted by Crippen LogP contribution is 2.28. The fraction of sp³-hybridized carbons (Fsp3) is 0.120. The van der Waals surface area contributed by atoms with Crippen LogP contribution < -0.4 is 5.01 Å². The summed E-state index contributed by atoms with van der Waals surface area (Å²) >= 11 is 0. The summed E-state index contributed by atoms with van der Waals surface area (Å²) in [5.74, 6) is -0.930. The number of esters is 1. The molecule has 4 rings (SSSR count). The summed E-state index contributed by atoms with van der Waals surface area (Å²) in [7, 11) is 0. The van der Waals surface area contributed by atoms with Crippen LogP contribution in [-0.2, 0) is 9.53 Å². The number of nitrogens with zero attached hydrogens (tertiary/aromatic N) is 2. The van der Waals surface area contributed by atoms with Crippen molar-refractivity contribution in [1.29, 1.82) is 0 Å². The molecule has 2 heterocycles. The Morgan fingerprint density at radius 2 is 1.85 bits per heavy atom. The first-order valence-electron chi connectivity index (χ1n) is 10.2. The third kappa shape index (κ3) is 4.45. The van der Waals surface area contributed by atoms with E-state index < -0.39 is 17.8 Å². The second-order valence-corrected chi connectivity index (χ2v) is 7.22. The monoisotopic (exact) mass is 444 g/mol. The smallest absolute Gasteiger partial charge is 0.338 e. The number of ether oxygens (including phenoxy) is 1. The molecule has 0 radical (unpaired) electrons. The van der Waals surface area contributed by atoms with Gasteiger partial charge in [-0.05, 0) is 62.4 Å². The van der Waals surface area contributed by atoms with Crippen LogP contribution in [0, 0.1) is 0 Å². The van der Waals surface area contributed by atoms with Crippen molar-refractivity contribution in [2.75, 3.05) is 11.6 Å². The highest BCUT2D eigenvalue weighted by atomic mass is 16.5. The number of anilines is 1. The summed E-state index contributed by atoms with van der Waals surface area (Å²) in [6, 6.07) is 16.4. The molecule has 1 N–H and O–H groups in total. The van der Waals surface area contributed by atoms with Gasteiger partial charge >= 0.3 is 11.9 Å². The standard InChI is InChI=1S/C25H20N2O6/c1-3-32-25(31)18-8-4-6-16(12-18)22-11-10-20(33-22)14-21-15(2)26-27(23(21)28)19-9-5-7-17(13-19)24(29)30/h4-14H,3H2,1-2H3,(H,29,30)/b21-14-. The van der Waals surface area contributed by atoms with Crippen LogP contribution in [0.4, 0.5) is 5.69 Å². The number of hydrazone groups is 1. The third-order valence-electron chi connectivity index (χ3n) is 4.97. The van der Waals surface area contributed by atoms with Crippen molar-refractivity contribution in [1.82, 2.24) is 0 Å². The maximum atomic E-state index is 13.0. The van der Waals surface area contributed by atoms with Gasteiger partial charge in [-0.3, -0.25) is 4.79 Å². The zero-order valence-corrected chi connectivity index (χ0v) is 17.9. The average molecular weight is 444 g/mol. The number of carboxylic acids is 1. The van der Waals surface area contributed by atoms with Crippen molar-refractivity contribution >= 4 is 35.3 Å². The van der Waals surface area contributed by atoms with Gasteiger partial charge in [-0.2, -0.15) is 10.1 Å². The molecule has 1 aliphatic heterocycles. The molecule has 0 saturated heterocycles. The molecular weight excluding hydrogens is 424 g/mol. The van der Waals surface area contributed by atoms with Gasteiger partial charge < -0.3 is 14.3 Å². The minimum Gasteiger partial charge on any atom is -0.478 e. The van der Waals surface area contributed by atoms with Crippen LogP contribution in [0.2, 0.25) is 0 Å². The predicted octanol–water partition coefficient (Wildman–Crippen LogP) is 4.63. The number of rotatable bonds is 6. The highest BCUT2D eigenvalue weighted by Gasteiger charge is 2.29. The number of carbonyl (C=O) groups is 3. The number of hydrogen-bond acceptors (Lipinski definition) is 6. The van der Waals surface area contributed by atoms with Gasteiger partial charge in [0.05, 0.1) is 34.7 Å². The van der Waals surface area contributed by atoms with E-state index in [4.69, 9.17) is 9.15 Å². The molecule has 0 spiro atoms. The second kappa shape index (κ2) is 8.96. The van der Waals surface area contributed by atoms with Crippen LogP contribution in [0.15, 0.2) is 75.8 Å². The summed E-state index contributed by atoms with van der Waals surface area (Å²) in [5.41, 5.74) is 2.34. The molecule has 1 amide bonds. The van der Waals surface area contributed by atoms with E-state index >= 15 is 0 Å². The van der Waals surface area contributed by atoms with E-state index in [1.54, 1.807) is 62.4 Å². The Morgan fingerprint density at radius 3 is 2.61 bits per heavy atom. The average Bonchev–Trinajstić information content (AvgIpc) is 3.40. The summed E-state index contributed by atoms with van der Waals surface area (Å²) in [4.78, 5) is 36.2. The van der Waals surface area contributed by atoms with Crippen molar-refractivity contribution in [2.45, 2.75) is 13.8 Å². The van der Waals surface area contributed by atoms with E-state index in [-0.39, 0.29) is 12.2 Å². The summed E-state index contributed by atoms with van der Waals surface area (Å²) in [6.45, 7) is 3.72. The van der Waals surface area contributed by atoms with Gasteiger partial charge in [-0.25, -0.2) is 9.59 Å². The molecule has 2 aromatic carbocycles. The molecule has 0 fully saturated rings. The second-order valence-electron chi connectivity index (χ2n) is 7.22. The molecule has 166 valence electrons. The predicted molar refractivity (Wildman–Crippen MR) is 122 cm³/mol. The van der Waals surface area contributed by atoms with Crippen LogP contribution in [-0.4, -0.2) is 35.3 Å². The number of benzene rings is 2. The van der Waals surface area contributed by atoms with Crippen LogP contribution in [0.3, 0.4) is 0 Å². The third-order valence-corrected chi connectivity index (χ3v) is 4.97. The summed E-state index contributed by atoms with van der Waals surface area (Å²) in [5, 5.41) is 14.6. The number of carboxylic acid groups (broad SMARTS) is 1. The van der Waals surface area contributed by atoms with Gasteiger partial charge in [0, 0.05) is 5.56 Å². The van der Waals surface area contributed by atoms with E-state index in [1.165, 1.54) is 17.1 Å². The van der Waals surface area contributed by atoms with Crippen molar-refractivity contribution in [3.8, 4) is 11.3 Å². The fourth-order valence-corrected chi connectivity index (χ4v) is 3.37. The molecule has 33 heavy (non-hydrogen) atoms. The van der Waals surface area contributed by atoms with Crippen molar-refractivity contribution in [3.05, 3.63) is 83.1 Å². The van der Waals surface area contributed by atoms with Gasteiger partial charge in [0.25, 0.3) is 5.91 Å². The van der Waals surface area contributed by atoms with Crippen molar-refractivity contribution in [3.63, 3.8) is 0 Å². The molecule has 3 aromatic rings. The molecule has 1 aliphatic rings. The van der Waals surface area contributed by atoms with Gasteiger partial charge in [0.2, 0.25) is 0 Å². The van der Waals surface area contributed by atoms with E-state index in [2.05, 4.69) is 5.10 Å². The lowest BCUT2D eigenvalue weighted by atomic mass is 10.1. The number of carbonyl (C=O) groups excluding carboxylic acids is 2. The molecule has 0 bridgehead atoms. The first kappa shape index (κ1) is 21.8. The fourth-order valence-electron chi connectivity index (χ4n) is 3.37. The minimum absolute atomic E-state index is 0.0614. The van der Waals surface area contributed by atoms with Crippen molar-refractivity contribution in [2.24, 2.45) is 5.10 Å². The van der Waals surface area contributed by atoms with E-state index in [1.807, 2.05) is 6.07 Å². The summed E-state index contributed by atoms with van der Waals surface area (Å²) < 4.78 is 10.9. The highest BCUT2D eigenvalue weighted by molar-refractivity contribution is 6.32. The Hall–Kier alpha value is -4.46. The van der Waals surface area contributed by atoms with E-state index in [9.17, 15) is 19.5 Å². The Balaban J connectivity index is 1.59. The van der Waals surface area contributed by atoms with Gasteiger partial charge in [-0.1, -0.05) is 18.2 Å². The van der Waals surface area contributed by atoms with E-state index in [0.717, 1.165) is 0 Å². The maximum absolute atomic E-state index is 13.0. The Morgan fingerprint density at radius 1 is 1.09 bits per heavy atom. The summed E-state index contributed by atoms with van der Waals surface area (Å²) in [6.07, 6.45) is 1.58. The molecule has 0 atom stereocenters. The Labute approximate surface area is 189 Å². The maximum Gasteiger partial charge on any atom is 0.338 e. The van der Waals surface area contributed by atoms with Crippen LogP contribution in [0.5, 0.6) is 0 Å². The molecule has 8 heteroatoms. The van der Waals surface area contributed by atoms with Crippen molar-refractivity contribution < 1.29 is 28.6 Å². The lowest BCUT2D eigenvalue weighted by molar-refractivity contribution is -0.114. The lowest BCUT2D eigenvalue weighted by Gasteiger charge is -2.12. The van der Waals surface area contributed by atoms with Gasteiger partial charge in [0.1, 0.15) is 11.5 Å². The molecule has 1 aromatic heterocycles.